The summed E-state index contributed by atoms with van der Waals surface area (Å²) < 4.78 is 7.82. The first-order valence-electron chi connectivity index (χ1n) is 8.02. The van der Waals surface area contributed by atoms with Gasteiger partial charge in [0.25, 0.3) is 0 Å². The number of benzene rings is 2. The fourth-order valence-electron chi connectivity index (χ4n) is 2.49. The third kappa shape index (κ3) is 5.23. The molecule has 0 aliphatic rings. The second-order valence-electron chi connectivity index (χ2n) is 7.14. The van der Waals surface area contributed by atoms with Crippen molar-refractivity contribution in [3.8, 4) is 17.2 Å². The molecular formula is C19H21I2NO4. The molecule has 0 fully saturated rings. The third-order valence-electron chi connectivity index (χ3n) is 3.87. The van der Waals surface area contributed by atoms with Crippen LogP contribution in [0.1, 0.15) is 31.9 Å². The van der Waals surface area contributed by atoms with Crippen molar-refractivity contribution in [2.45, 2.75) is 38.6 Å². The van der Waals surface area contributed by atoms with Gasteiger partial charge in [0.05, 0.1) is 13.1 Å². The fourth-order valence-corrected chi connectivity index (χ4v) is 4.61. The molecule has 0 amide bonds. The van der Waals surface area contributed by atoms with E-state index in [-0.39, 0.29) is 11.2 Å². The first-order valence-corrected chi connectivity index (χ1v) is 10.2. The molecule has 0 heterocycles. The van der Waals surface area contributed by atoms with Crippen LogP contribution in [0.25, 0.3) is 0 Å². The molecule has 7 heteroatoms. The molecule has 0 aliphatic heterocycles. The minimum absolute atomic E-state index is 0.207. The van der Waals surface area contributed by atoms with Crippen LogP contribution in [0.3, 0.4) is 0 Å². The molecule has 2 rings (SSSR count). The average Bonchev–Trinajstić information content (AvgIpc) is 2.51. The number of rotatable bonds is 5. The summed E-state index contributed by atoms with van der Waals surface area (Å²) in [6.07, 6.45) is 0.308. The Morgan fingerprint density at radius 2 is 1.81 bits per heavy atom. The molecule has 140 valence electrons. The summed E-state index contributed by atoms with van der Waals surface area (Å²) in [5, 5.41) is 21.0. The van der Waals surface area contributed by atoms with Gasteiger partial charge in [-0.05, 0) is 86.5 Å². The molecule has 0 radical (unpaired) electrons. The Kier molecular flexibility index (Phi) is 6.78. The molecule has 1 atom stereocenters. The molecule has 0 bridgehead atoms. The molecule has 5 nitrogen and oxygen atoms in total. The molecule has 2 aromatic rings. The van der Waals surface area contributed by atoms with Gasteiger partial charge >= 0.3 is 0 Å². The Hall–Kier alpha value is -1.07. The summed E-state index contributed by atoms with van der Waals surface area (Å²) in [5.74, 6) is 0.429. The lowest BCUT2D eigenvalue weighted by atomic mass is 9.86. The van der Waals surface area contributed by atoms with Gasteiger partial charge in [0, 0.05) is 12.0 Å². The highest BCUT2D eigenvalue weighted by atomic mass is 127. The lowest BCUT2D eigenvalue weighted by Gasteiger charge is -2.21. The lowest BCUT2D eigenvalue weighted by molar-refractivity contribution is -0.437. The number of aliphatic carboxylic acids is 1. The van der Waals surface area contributed by atoms with Crippen LogP contribution in [-0.2, 0) is 16.6 Å². The number of carbonyl (C=O) groups is 1. The number of aromatic hydroxyl groups is 1. The van der Waals surface area contributed by atoms with E-state index in [9.17, 15) is 15.0 Å². The number of phenolic OH excluding ortho intramolecular Hbond substituents is 1. The van der Waals surface area contributed by atoms with Crippen LogP contribution in [0.5, 0.6) is 17.2 Å². The summed E-state index contributed by atoms with van der Waals surface area (Å²) >= 11 is 4.34. The summed E-state index contributed by atoms with van der Waals surface area (Å²) in [6, 6.07) is 8.20. The zero-order valence-electron chi connectivity index (χ0n) is 14.8. The third-order valence-corrected chi connectivity index (χ3v) is 5.47. The fraction of sp³-hybridized carbons (Fsp3) is 0.316. The standard InChI is InChI=1S/C19H21I2NO4/c1-19(2,3)12-9-11(4-5-16(12)23)26-17-13(20)6-10(7-14(17)21)8-15(22)18(24)25/h4-7,9,15,23H,8,22H2,1-3H3,(H,24,25). The van der Waals surface area contributed by atoms with Gasteiger partial charge in [0.1, 0.15) is 17.5 Å². The first-order chi connectivity index (χ1) is 12.0. The van der Waals surface area contributed by atoms with Gasteiger partial charge < -0.3 is 25.5 Å². The van der Waals surface area contributed by atoms with Crippen molar-refractivity contribution < 1.29 is 25.5 Å². The van der Waals surface area contributed by atoms with Crippen LogP contribution < -0.4 is 15.6 Å². The van der Waals surface area contributed by atoms with Gasteiger partial charge in [0.15, 0.2) is 5.75 Å². The van der Waals surface area contributed by atoms with E-state index in [2.05, 4.69) is 50.9 Å². The maximum atomic E-state index is 10.9. The number of ether oxygens (including phenoxy) is 1. The maximum Gasteiger partial charge on any atom is 0.154 e. The van der Waals surface area contributed by atoms with E-state index < -0.39 is 12.0 Å². The van der Waals surface area contributed by atoms with Gasteiger partial charge in [-0.25, -0.2) is 0 Å². The predicted octanol–water partition coefficient (Wildman–Crippen LogP) is 2.59. The van der Waals surface area contributed by atoms with Crippen molar-refractivity contribution in [1.82, 2.24) is 0 Å². The highest BCUT2D eigenvalue weighted by Gasteiger charge is 2.20. The van der Waals surface area contributed by atoms with Crippen molar-refractivity contribution in [2.24, 2.45) is 0 Å². The first kappa shape index (κ1) is 21.2. The number of halogens is 2. The lowest BCUT2D eigenvalue weighted by Crippen LogP contribution is -2.69. The molecule has 1 unspecified atom stereocenters. The Balaban J connectivity index is 2.32. The van der Waals surface area contributed by atoms with Crippen molar-refractivity contribution in [2.75, 3.05) is 0 Å². The minimum atomic E-state index is -1.16. The molecule has 2 aromatic carbocycles. The number of quaternary nitrogens is 1. The van der Waals surface area contributed by atoms with Crippen LogP contribution >= 0.6 is 45.2 Å². The highest BCUT2D eigenvalue weighted by molar-refractivity contribution is 14.1. The minimum Gasteiger partial charge on any atom is -0.544 e. The Bertz CT molecular complexity index is 808. The molecule has 0 saturated carbocycles. The largest absolute Gasteiger partial charge is 0.544 e. The Morgan fingerprint density at radius 3 is 2.31 bits per heavy atom. The SMILES string of the molecule is CC(C)(C)c1cc(Oc2c(I)cc(CC([NH3+])C(=O)[O-])cc2I)ccc1O. The van der Waals surface area contributed by atoms with Crippen LogP contribution in [-0.4, -0.2) is 17.1 Å². The van der Waals surface area contributed by atoms with Crippen molar-refractivity contribution in [3.05, 3.63) is 48.6 Å². The van der Waals surface area contributed by atoms with E-state index in [1.165, 1.54) is 0 Å². The summed E-state index contributed by atoms with van der Waals surface area (Å²) in [7, 11) is 0. The molecule has 0 spiro atoms. The molecule has 0 aromatic heterocycles. The van der Waals surface area contributed by atoms with E-state index >= 15 is 0 Å². The van der Waals surface area contributed by atoms with Gasteiger partial charge in [-0.2, -0.15) is 0 Å². The second-order valence-corrected chi connectivity index (χ2v) is 9.46. The van der Waals surface area contributed by atoms with Gasteiger partial charge in [-0.1, -0.05) is 20.8 Å². The monoisotopic (exact) mass is 581 g/mol. The number of carboxylic acids is 1. The maximum absolute atomic E-state index is 10.9. The van der Waals surface area contributed by atoms with Gasteiger partial charge in [-0.15, -0.1) is 0 Å². The second kappa shape index (κ2) is 8.30. The summed E-state index contributed by atoms with van der Waals surface area (Å²) in [6.45, 7) is 6.09. The van der Waals surface area contributed by atoms with Gasteiger partial charge in [-0.3, -0.25) is 0 Å². The zero-order chi connectivity index (χ0) is 19.6. The number of hydrogen-bond donors (Lipinski definition) is 2. The van der Waals surface area contributed by atoms with Crippen LogP contribution in [0.15, 0.2) is 30.3 Å². The normalized spacial score (nSPS) is 12.7. The van der Waals surface area contributed by atoms with Crippen molar-refractivity contribution in [1.29, 1.82) is 0 Å². The van der Waals surface area contributed by atoms with E-state index in [0.717, 1.165) is 18.3 Å². The quantitative estimate of drug-likeness (QED) is 0.531. The number of phenols is 1. The summed E-state index contributed by atoms with van der Waals surface area (Å²) in [4.78, 5) is 10.9. The molecule has 0 saturated heterocycles. The van der Waals surface area contributed by atoms with Gasteiger partial charge in [0.2, 0.25) is 0 Å². The molecule has 26 heavy (non-hydrogen) atoms. The van der Waals surface area contributed by atoms with E-state index in [4.69, 9.17) is 4.74 Å². The van der Waals surface area contributed by atoms with Crippen LogP contribution in [0.4, 0.5) is 0 Å². The Morgan fingerprint density at radius 1 is 1.23 bits per heavy atom. The van der Waals surface area contributed by atoms with Crippen LogP contribution in [0, 0.1) is 7.14 Å². The smallest absolute Gasteiger partial charge is 0.154 e. The zero-order valence-corrected chi connectivity index (χ0v) is 19.1. The Labute approximate surface area is 180 Å². The van der Waals surface area contributed by atoms with E-state index in [1.807, 2.05) is 39.0 Å². The number of carbonyl (C=O) groups excluding carboxylic acids is 1. The van der Waals surface area contributed by atoms with Crippen molar-refractivity contribution in [3.63, 3.8) is 0 Å². The molecule has 0 aliphatic carbocycles. The number of hydrogen-bond acceptors (Lipinski definition) is 4. The van der Waals surface area contributed by atoms with Crippen molar-refractivity contribution >= 4 is 51.2 Å². The van der Waals surface area contributed by atoms with Crippen LogP contribution in [0.2, 0.25) is 0 Å². The highest BCUT2D eigenvalue weighted by Crippen LogP contribution is 2.37. The topological polar surface area (TPSA) is 97.2 Å². The van der Waals surface area contributed by atoms with E-state index in [0.29, 0.717) is 17.9 Å². The molecule has 4 N–H and O–H groups in total. The number of carboxylic acid groups (broad SMARTS) is 1. The molecular weight excluding hydrogens is 560 g/mol. The van der Waals surface area contributed by atoms with E-state index in [1.54, 1.807) is 12.1 Å². The average molecular weight is 581 g/mol. The summed E-state index contributed by atoms with van der Waals surface area (Å²) in [5.41, 5.74) is 5.08. The predicted molar refractivity (Wildman–Crippen MR) is 114 cm³/mol.